The van der Waals surface area contributed by atoms with Crippen molar-refractivity contribution in [3.63, 3.8) is 0 Å². The second-order valence-electron chi connectivity index (χ2n) is 5.31. The third-order valence-electron chi connectivity index (χ3n) is 3.93. The first-order chi connectivity index (χ1) is 10.1. The third kappa shape index (κ3) is 3.97. The Labute approximate surface area is 124 Å². The molecule has 1 saturated carbocycles. The molecule has 0 spiro atoms. The van der Waals surface area contributed by atoms with Crippen LogP contribution in [0.4, 0.5) is 0 Å². The minimum absolute atomic E-state index is 0.0155. The van der Waals surface area contributed by atoms with Crippen LogP contribution in [0.5, 0.6) is 5.75 Å². The zero-order chi connectivity index (χ0) is 15.2. The fraction of sp³-hybridized carbons (Fsp3) is 0.500. The van der Waals surface area contributed by atoms with E-state index in [2.05, 4.69) is 0 Å². The van der Waals surface area contributed by atoms with E-state index in [0.29, 0.717) is 11.3 Å². The molecule has 0 heterocycles. The highest BCUT2D eigenvalue weighted by molar-refractivity contribution is 5.94. The van der Waals surface area contributed by atoms with Crippen LogP contribution in [0.1, 0.15) is 42.5 Å². The van der Waals surface area contributed by atoms with Gasteiger partial charge in [-0.2, -0.15) is 0 Å². The molecule has 1 N–H and O–H groups in total. The Morgan fingerprint density at radius 2 is 1.86 bits per heavy atom. The van der Waals surface area contributed by atoms with Gasteiger partial charge in [0.2, 0.25) is 0 Å². The average Bonchev–Trinajstić information content (AvgIpc) is 3.01. The minimum Gasteiger partial charge on any atom is -0.497 e. The maximum absolute atomic E-state index is 12.6. The van der Waals surface area contributed by atoms with Gasteiger partial charge < -0.3 is 14.7 Å². The number of methoxy groups -OCH3 is 1. The van der Waals surface area contributed by atoms with Crippen LogP contribution in [-0.2, 0) is 4.79 Å². The Hall–Kier alpha value is -2.04. The highest BCUT2D eigenvalue weighted by atomic mass is 16.5. The summed E-state index contributed by atoms with van der Waals surface area (Å²) in [6.07, 6.45) is 4.11. The summed E-state index contributed by atoms with van der Waals surface area (Å²) in [5.74, 6) is -0.268. The fourth-order valence-electron chi connectivity index (χ4n) is 2.78. The topological polar surface area (TPSA) is 66.8 Å². The van der Waals surface area contributed by atoms with Gasteiger partial charge in [-0.1, -0.05) is 12.8 Å². The molecular formula is C16H21NO4. The predicted octanol–water partition coefficient (Wildman–Crippen LogP) is 2.55. The van der Waals surface area contributed by atoms with Crippen molar-refractivity contribution in [2.24, 2.45) is 0 Å². The van der Waals surface area contributed by atoms with Crippen LogP contribution < -0.4 is 4.74 Å². The molecule has 5 heteroatoms. The van der Waals surface area contributed by atoms with Crippen LogP contribution in [0, 0.1) is 0 Å². The second kappa shape index (κ2) is 7.11. The third-order valence-corrected chi connectivity index (χ3v) is 3.93. The van der Waals surface area contributed by atoms with Gasteiger partial charge in [-0.3, -0.25) is 9.59 Å². The van der Waals surface area contributed by atoms with Crippen LogP contribution in [0.2, 0.25) is 0 Å². The number of carboxylic acid groups (broad SMARTS) is 1. The van der Waals surface area contributed by atoms with Crippen LogP contribution >= 0.6 is 0 Å². The summed E-state index contributed by atoms with van der Waals surface area (Å²) in [7, 11) is 1.58. The number of nitrogens with zero attached hydrogens (tertiary/aromatic N) is 1. The number of carbonyl (C=O) groups is 2. The number of amides is 1. The fourth-order valence-corrected chi connectivity index (χ4v) is 2.78. The van der Waals surface area contributed by atoms with Crippen LogP contribution in [0.25, 0.3) is 0 Å². The second-order valence-corrected chi connectivity index (χ2v) is 5.31. The first-order valence-electron chi connectivity index (χ1n) is 7.28. The van der Waals surface area contributed by atoms with Crippen LogP contribution in [0.3, 0.4) is 0 Å². The maximum Gasteiger partial charge on any atom is 0.305 e. The molecule has 1 amide bonds. The number of carboxylic acids is 1. The minimum atomic E-state index is -0.875. The Balaban J connectivity index is 2.13. The monoisotopic (exact) mass is 291 g/mol. The van der Waals surface area contributed by atoms with Gasteiger partial charge in [-0.05, 0) is 37.1 Å². The molecule has 5 nitrogen and oxygen atoms in total. The molecule has 0 aliphatic heterocycles. The van der Waals surface area contributed by atoms with E-state index in [-0.39, 0.29) is 24.9 Å². The lowest BCUT2D eigenvalue weighted by molar-refractivity contribution is -0.137. The molecule has 0 unspecified atom stereocenters. The van der Waals surface area contributed by atoms with Gasteiger partial charge in [-0.25, -0.2) is 0 Å². The highest BCUT2D eigenvalue weighted by Gasteiger charge is 2.27. The summed E-state index contributed by atoms with van der Waals surface area (Å²) in [6.45, 7) is 0.269. The Kier molecular flexibility index (Phi) is 5.20. The molecule has 1 aromatic carbocycles. The van der Waals surface area contributed by atoms with Crippen molar-refractivity contribution < 1.29 is 19.4 Å². The van der Waals surface area contributed by atoms with Gasteiger partial charge in [0.1, 0.15) is 5.75 Å². The quantitative estimate of drug-likeness (QED) is 0.874. The number of ether oxygens (including phenoxy) is 1. The Morgan fingerprint density at radius 1 is 1.24 bits per heavy atom. The molecule has 2 rings (SSSR count). The summed E-state index contributed by atoms with van der Waals surface area (Å²) in [4.78, 5) is 25.2. The van der Waals surface area contributed by atoms with E-state index in [1.54, 1.807) is 36.3 Å². The van der Waals surface area contributed by atoms with Crippen LogP contribution in [0.15, 0.2) is 24.3 Å². The van der Waals surface area contributed by atoms with Crippen molar-refractivity contribution in [3.05, 3.63) is 29.8 Å². The molecule has 1 fully saturated rings. The summed E-state index contributed by atoms with van der Waals surface area (Å²) in [5.41, 5.74) is 0.577. The van der Waals surface area contributed by atoms with E-state index in [4.69, 9.17) is 9.84 Å². The predicted molar refractivity (Wildman–Crippen MR) is 78.5 cm³/mol. The van der Waals surface area contributed by atoms with Crippen molar-refractivity contribution >= 4 is 11.9 Å². The van der Waals surface area contributed by atoms with E-state index in [9.17, 15) is 9.59 Å². The van der Waals surface area contributed by atoms with Crippen molar-refractivity contribution in [1.82, 2.24) is 4.90 Å². The molecule has 114 valence electrons. The molecule has 0 radical (unpaired) electrons. The van der Waals surface area contributed by atoms with Gasteiger partial charge in [0.25, 0.3) is 5.91 Å². The zero-order valence-electron chi connectivity index (χ0n) is 12.2. The standard InChI is InChI=1S/C16H21NO4/c1-21-14-8-6-12(7-9-14)16(20)17(11-10-15(18)19)13-4-2-3-5-13/h6-9,13H,2-5,10-11H2,1H3,(H,18,19). The lowest BCUT2D eigenvalue weighted by Gasteiger charge is -2.28. The first-order valence-corrected chi connectivity index (χ1v) is 7.28. The van der Waals surface area contributed by atoms with E-state index >= 15 is 0 Å². The number of hydrogen-bond acceptors (Lipinski definition) is 3. The first kappa shape index (κ1) is 15.4. The molecule has 0 aromatic heterocycles. The zero-order valence-corrected chi connectivity index (χ0v) is 12.2. The van der Waals surface area contributed by atoms with Gasteiger partial charge in [0.05, 0.1) is 13.5 Å². The van der Waals surface area contributed by atoms with Crippen molar-refractivity contribution in [2.45, 2.75) is 38.1 Å². The van der Waals surface area contributed by atoms with Gasteiger partial charge in [-0.15, -0.1) is 0 Å². The Bertz CT molecular complexity index is 492. The molecule has 21 heavy (non-hydrogen) atoms. The highest BCUT2D eigenvalue weighted by Crippen LogP contribution is 2.25. The lowest BCUT2D eigenvalue weighted by Crippen LogP contribution is -2.40. The Morgan fingerprint density at radius 3 is 2.38 bits per heavy atom. The van der Waals surface area contributed by atoms with Crippen molar-refractivity contribution in [1.29, 1.82) is 0 Å². The summed E-state index contributed by atoms with van der Waals surface area (Å²) >= 11 is 0. The van der Waals surface area contributed by atoms with E-state index in [1.807, 2.05) is 0 Å². The number of hydrogen-bond donors (Lipinski definition) is 1. The van der Waals surface area contributed by atoms with Gasteiger partial charge >= 0.3 is 5.97 Å². The number of aliphatic carboxylic acids is 1. The maximum atomic E-state index is 12.6. The van der Waals surface area contributed by atoms with Crippen molar-refractivity contribution in [2.75, 3.05) is 13.7 Å². The van der Waals surface area contributed by atoms with Crippen molar-refractivity contribution in [3.8, 4) is 5.75 Å². The molecule has 1 aliphatic rings. The molecule has 0 atom stereocenters. The smallest absolute Gasteiger partial charge is 0.305 e. The molecule has 0 saturated heterocycles. The van der Waals surface area contributed by atoms with E-state index in [1.165, 1.54) is 0 Å². The molecule has 0 bridgehead atoms. The lowest BCUT2D eigenvalue weighted by atomic mass is 10.1. The largest absolute Gasteiger partial charge is 0.497 e. The van der Waals surface area contributed by atoms with E-state index in [0.717, 1.165) is 25.7 Å². The summed E-state index contributed by atoms with van der Waals surface area (Å²) in [5, 5.41) is 8.87. The number of benzene rings is 1. The number of rotatable bonds is 6. The molecular weight excluding hydrogens is 270 g/mol. The summed E-state index contributed by atoms with van der Waals surface area (Å²) < 4.78 is 5.09. The molecule has 1 aromatic rings. The molecule has 1 aliphatic carbocycles. The van der Waals surface area contributed by atoms with E-state index < -0.39 is 5.97 Å². The van der Waals surface area contributed by atoms with Gasteiger partial charge in [0.15, 0.2) is 0 Å². The number of carbonyl (C=O) groups excluding carboxylic acids is 1. The summed E-state index contributed by atoms with van der Waals surface area (Å²) in [6, 6.07) is 7.11. The normalized spacial score (nSPS) is 14.9. The average molecular weight is 291 g/mol. The SMILES string of the molecule is COc1ccc(C(=O)N(CCC(=O)O)C2CCCC2)cc1. The van der Waals surface area contributed by atoms with Gasteiger partial charge in [0, 0.05) is 18.2 Å². The van der Waals surface area contributed by atoms with Crippen LogP contribution in [-0.4, -0.2) is 41.6 Å².